The van der Waals surface area contributed by atoms with E-state index in [1.807, 2.05) is 39.3 Å². The van der Waals surface area contributed by atoms with Gasteiger partial charge in [0.05, 0.1) is 58.7 Å². The van der Waals surface area contributed by atoms with Gasteiger partial charge in [0.25, 0.3) is 0 Å². The second-order valence-electron chi connectivity index (χ2n) is 26.2. The molecule has 1 amide bonds. The minimum absolute atomic E-state index is 0.0131. The molecule has 0 aliphatic carbocycles. The summed E-state index contributed by atoms with van der Waals surface area (Å²) in [6, 6.07) is 0. The number of carbonyl (C=O) groups is 11. The van der Waals surface area contributed by atoms with Gasteiger partial charge in [0.2, 0.25) is 0 Å². The van der Waals surface area contributed by atoms with Gasteiger partial charge in [0, 0.05) is 28.4 Å². The number of amides is 1. The summed E-state index contributed by atoms with van der Waals surface area (Å²) >= 11 is 11.2. The molecule has 12 N–H and O–H groups in total. The van der Waals surface area contributed by atoms with Crippen molar-refractivity contribution < 1.29 is 131 Å². The van der Waals surface area contributed by atoms with Crippen molar-refractivity contribution in [3.05, 3.63) is 12.3 Å². The maximum atomic E-state index is 11.1. The highest BCUT2D eigenvalue weighted by Crippen LogP contribution is 2.15. The van der Waals surface area contributed by atoms with Crippen LogP contribution in [0.1, 0.15) is 111 Å². The number of allylic oxidation sites excluding steroid dienone is 1. The van der Waals surface area contributed by atoms with Crippen LogP contribution in [0.4, 0.5) is 14.4 Å². The van der Waals surface area contributed by atoms with E-state index in [0.29, 0.717) is 0 Å². The van der Waals surface area contributed by atoms with Crippen LogP contribution in [0.15, 0.2) is 12.3 Å². The lowest BCUT2D eigenvalue weighted by atomic mass is 10.2. The Hall–Kier alpha value is -6.08. The van der Waals surface area contributed by atoms with Gasteiger partial charge in [-0.3, -0.25) is 48.2 Å². The smallest absolute Gasteiger partial charge is 0.502 e. The average Bonchev–Trinajstić information content (AvgIpc) is 0.918. The molecule has 0 fully saturated rings. The lowest BCUT2D eigenvalue weighted by Gasteiger charge is -2.32. The molecule has 0 aliphatic rings. The fourth-order valence-corrected chi connectivity index (χ4v) is 3.97. The molecule has 0 saturated heterocycles. The van der Waals surface area contributed by atoms with Crippen LogP contribution in [-0.4, -0.2) is 312 Å². The Labute approximate surface area is 606 Å². The number of hydrogen-bond donors (Lipinski definition) is 12. The highest BCUT2D eigenvalue weighted by molar-refractivity contribution is 7.18. The van der Waals surface area contributed by atoms with Crippen LogP contribution in [-0.2, 0) is 76.3 Å². The number of carboxylic acids is 8. The number of ether oxygens (including phenoxy) is 8. The third-order valence-electron chi connectivity index (χ3n) is 9.27. The number of hydrogen-bond acceptors (Lipinski definition) is 26. The van der Waals surface area contributed by atoms with Gasteiger partial charge in [-0.1, -0.05) is 57.5 Å². The fourth-order valence-electron chi connectivity index (χ4n) is 3.36. The topological polar surface area (TPSA) is 485 Å². The van der Waals surface area contributed by atoms with Gasteiger partial charge >= 0.3 is 66.2 Å². The molecule has 39 heteroatoms. The Kier molecular flexibility index (Phi) is 78.5. The highest BCUT2D eigenvalue weighted by atomic mass is 35.6. The van der Waals surface area contributed by atoms with Crippen LogP contribution in [0.5, 0.6) is 0 Å². The lowest BCUT2D eigenvalue weighted by molar-refractivity contribution is -0.148. The number of carboxylic acid groups (broad SMARTS) is 8. The van der Waals surface area contributed by atoms with E-state index < -0.39 is 115 Å². The first-order valence-corrected chi connectivity index (χ1v) is 38.4. The molecule has 0 rings (SSSR count). The summed E-state index contributed by atoms with van der Waals surface area (Å²) in [4.78, 5) is 117. The van der Waals surface area contributed by atoms with Crippen molar-refractivity contribution in [2.24, 2.45) is 0 Å². The van der Waals surface area contributed by atoms with Crippen molar-refractivity contribution >= 4 is 104 Å². The number of rotatable bonds is 23. The second-order valence-corrected chi connectivity index (χ2v) is 39.8. The summed E-state index contributed by atoms with van der Waals surface area (Å²) in [7, 11) is 16.8. The normalized spacial score (nSPS) is 10.7. The molecule has 0 aromatic heterocycles. The van der Waals surface area contributed by atoms with Crippen molar-refractivity contribution in [1.29, 1.82) is 0 Å². The molecule has 0 heterocycles. The molecule has 600 valence electrons. The molecular weight excluding hydrogens is 1400 g/mol. The van der Waals surface area contributed by atoms with Gasteiger partial charge in [0.15, 0.2) is 0 Å². The monoisotopic (exact) mass is 1530 g/mol. The number of nitrogens with one attached hydrogen (secondary N) is 4. The van der Waals surface area contributed by atoms with Crippen LogP contribution in [0.25, 0.3) is 0 Å². The first-order chi connectivity index (χ1) is 44.3. The second kappa shape index (κ2) is 65.0. The molecule has 0 spiro atoms. The van der Waals surface area contributed by atoms with Gasteiger partial charge in [-0.2, -0.15) is 11.1 Å². The minimum atomic E-state index is -1.37. The first-order valence-electron chi connectivity index (χ1n) is 30.0. The minimum Gasteiger partial charge on any atom is -0.502 e. The Balaban J connectivity index is -0.0000000860. The predicted octanol–water partition coefficient (Wildman–Crippen LogP) is 7.42. The Morgan fingerprint density at radius 1 is 0.420 bits per heavy atom. The summed E-state index contributed by atoms with van der Waals surface area (Å²) in [6.07, 6.45) is -2.75. The van der Waals surface area contributed by atoms with Gasteiger partial charge < -0.3 is 109 Å². The van der Waals surface area contributed by atoms with E-state index in [0.717, 1.165) is 10.7 Å². The van der Waals surface area contributed by atoms with E-state index in [1.54, 1.807) is 164 Å². The summed E-state index contributed by atoms with van der Waals surface area (Å²) in [5.41, 5.74) is -3.02. The van der Waals surface area contributed by atoms with Crippen LogP contribution in [0, 0.1) is 0 Å². The largest absolute Gasteiger partial charge is 0.519 e. The molecule has 0 aliphatic heterocycles. The van der Waals surface area contributed by atoms with Gasteiger partial charge in [-0.05, 0) is 160 Å². The number of nitrogens with zero attached hydrogens (tertiary/aromatic N) is 4. The van der Waals surface area contributed by atoms with Crippen molar-refractivity contribution in [2.75, 3.05) is 137 Å². The number of methoxy groups -OCH3 is 4. The standard InChI is InChI=1S/C10H18O5.C8H15NO4.2C7H15NO3.C6H15NO2Si.C4H9ClO.C4H8O.C3H9ClSi.4C3H7NO2/c1-9(2,3)14-7(11)13-8(12)15-10(4,5)6;1-8(2,3)13-7(12)9(4)5-6(10)11;2*1-7(2,11-4)8(3)5-6(9)10;1-7(5-6(8)9)10(2,3)4;1-4(2,5)6-3;1-4(2)5-3;1-5(2,3)4;4*1-4-2-3(5)6/h1-6H3;5H2,1-4H3,(H,10,11);2*5H2,1-4H3,(H,9,10);5H2,1-4H3,(H,8,9);1-3H3;1H2,2-3H3;1-3H3;4*4H,2H2,1H3,(H,5,6). The first kappa shape index (κ1) is 121. The average molecular weight is 1540 g/mol. The van der Waals surface area contributed by atoms with Crippen molar-refractivity contribution in [3.8, 4) is 0 Å². The summed E-state index contributed by atoms with van der Waals surface area (Å²) < 4.78 is 40.0. The highest BCUT2D eigenvalue weighted by Gasteiger charge is 2.27. The van der Waals surface area contributed by atoms with Crippen LogP contribution < -0.4 is 21.3 Å². The van der Waals surface area contributed by atoms with Crippen molar-refractivity contribution in [2.45, 2.75) is 183 Å². The molecule has 0 atom stereocenters. The van der Waals surface area contributed by atoms with E-state index in [-0.39, 0.29) is 52.4 Å². The van der Waals surface area contributed by atoms with Crippen LogP contribution in [0.2, 0.25) is 39.3 Å². The third kappa shape index (κ3) is 139. The summed E-state index contributed by atoms with van der Waals surface area (Å²) in [5.74, 6) is -6.04. The zero-order valence-electron chi connectivity index (χ0n) is 66.2. The lowest BCUT2D eigenvalue weighted by Crippen LogP contribution is -2.45. The van der Waals surface area contributed by atoms with E-state index >= 15 is 0 Å². The SMILES string of the molecule is C=C(C)OC.CC(C)(C)OC(=O)OC(=O)OC(C)(C)C.CN(CC(=O)O)C(=O)OC(C)(C)C.CN(CC(=O)O)[Si](C)(C)C.CNCC(=O)O.CNCC(=O)O.CNCC(=O)O.CNCC(=O)O.COC(C)(C)Cl.COC(C)(C)N(C)CC(=O)O.COC(C)(C)N(C)CC(=O)O.C[Si](C)(C)Cl. The molecule has 0 aromatic carbocycles. The molecule has 100 heavy (non-hydrogen) atoms. The molecule has 35 nitrogen and oxygen atoms in total. The van der Waals surface area contributed by atoms with Gasteiger partial charge in [-0.15, -0.1) is 0 Å². The number of halogens is 2. The number of aliphatic carboxylic acids is 8. The van der Waals surface area contributed by atoms with Crippen molar-refractivity contribution in [3.63, 3.8) is 0 Å². The number of carbonyl (C=O) groups excluding carboxylic acids is 3. The molecular formula is C61H132Cl2N8O27Si2. The summed E-state index contributed by atoms with van der Waals surface area (Å²) in [6.45, 7) is 43.9. The maximum absolute atomic E-state index is 11.1. The Morgan fingerprint density at radius 2 is 0.630 bits per heavy atom. The zero-order chi connectivity index (χ0) is 83.4. The van der Waals surface area contributed by atoms with E-state index in [1.165, 1.54) is 7.05 Å². The van der Waals surface area contributed by atoms with E-state index in [9.17, 15) is 52.7 Å². The molecule has 0 saturated carbocycles. The predicted molar refractivity (Wildman–Crippen MR) is 391 cm³/mol. The molecule has 0 unspecified atom stereocenters. The number of alkyl halides is 1. The zero-order valence-corrected chi connectivity index (χ0v) is 69.8. The molecule has 0 bridgehead atoms. The van der Waals surface area contributed by atoms with E-state index in [4.69, 9.17) is 92.0 Å². The fraction of sp³-hybridized carbons (Fsp3) is 0.787. The molecule has 0 aromatic rings. The van der Waals surface area contributed by atoms with Crippen LogP contribution in [0.3, 0.4) is 0 Å². The van der Waals surface area contributed by atoms with E-state index in [2.05, 4.69) is 76.6 Å². The third-order valence-corrected chi connectivity index (χ3v) is 11.9. The van der Waals surface area contributed by atoms with Gasteiger partial charge in [0.1, 0.15) is 55.5 Å². The Bertz CT molecular complexity index is 2110. The van der Waals surface area contributed by atoms with Crippen molar-refractivity contribution in [1.82, 2.24) is 40.5 Å². The van der Waals surface area contributed by atoms with Gasteiger partial charge in [-0.25, -0.2) is 14.4 Å². The van der Waals surface area contributed by atoms with Crippen LogP contribution >= 0.6 is 22.7 Å². The summed E-state index contributed by atoms with van der Waals surface area (Å²) in [5, 5.41) is 74.5. The number of likely N-dealkylation sites (N-methyl/N-ethyl adjacent to an activating group) is 8. The molecule has 0 radical (unpaired) electrons. The quantitative estimate of drug-likeness (QED) is 0.00692. The Morgan fingerprint density at radius 3 is 0.740 bits per heavy atom. The maximum Gasteiger partial charge on any atom is 0.519 e.